The fourth-order valence-corrected chi connectivity index (χ4v) is 3.95. The molecule has 1 atom stereocenters. The number of hydrogen-bond acceptors (Lipinski definition) is 1. The lowest BCUT2D eigenvalue weighted by Gasteiger charge is -2.29. The van der Waals surface area contributed by atoms with E-state index in [1.54, 1.807) is 24.9 Å². The van der Waals surface area contributed by atoms with E-state index in [9.17, 15) is 9.18 Å². The summed E-state index contributed by atoms with van der Waals surface area (Å²) in [6.45, 7) is 2.54. The number of hydrogen-bond donors (Lipinski definition) is 0. The van der Waals surface area contributed by atoms with Crippen molar-refractivity contribution in [2.45, 2.75) is 44.9 Å². The molecule has 0 aromatic heterocycles. The zero-order valence-corrected chi connectivity index (χ0v) is 18.6. The molecule has 4 rings (SSSR count). The second kappa shape index (κ2) is 11.5. The summed E-state index contributed by atoms with van der Waals surface area (Å²) in [5.74, 6) is -0.276. The minimum Gasteiger partial charge on any atom is -0.345 e. The fraction of sp³-hybridized carbons (Fsp3) is 0.321. The first-order valence-corrected chi connectivity index (χ1v) is 11.1. The maximum atomic E-state index is 13.4. The van der Waals surface area contributed by atoms with Crippen molar-refractivity contribution in [2.24, 2.45) is 0 Å². The molecule has 0 spiro atoms. The van der Waals surface area contributed by atoms with E-state index in [4.69, 9.17) is 0 Å². The summed E-state index contributed by atoms with van der Waals surface area (Å²) in [4.78, 5) is 13.7. The van der Waals surface area contributed by atoms with Crippen LogP contribution in [0.3, 0.4) is 0 Å². The minimum atomic E-state index is -0.224. The monoisotopic (exact) mass is 417 g/mol. The van der Waals surface area contributed by atoms with Gasteiger partial charge in [0.2, 0.25) is 5.91 Å². The molecule has 0 bridgehead atoms. The van der Waals surface area contributed by atoms with Gasteiger partial charge < -0.3 is 4.90 Å². The predicted molar refractivity (Wildman–Crippen MR) is 126 cm³/mol. The van der Waals surface area contributed by atoms with Crippen LogP contribution >= 0.6 is 0 Å². The second-order valence-corrected chi connectivity index (χ2v) is 8.29. The van der Waals surface area contributed by atoms with Crippen LogP contribution in [-0.4, -0.2) is 24.4 Å². The van der Waals surface area contributed by atoms with Gasteiger partial charge in [0.1, 0.15) is 5.82 Å². The Labute approximate surface area is 185 Å². The van der Waals surface area contributed by atoms with Crippen LogP contribution in [0, 0.1) is 12.7 Å². The summed E-state index contributed by atoms with van der Waals surface area (Å²) >= 11 is 0. The average molecular weight is 418 g/mol. The van der Waals surface area contributed by atoms with Crippen LogP contribution < -0.4 is 0 Å². The first-order valence-electron chi connectivity index (χ1n) is 11.1. The van der Waals surface area contributed by atoms with Gasteiger partial charge in [-0.3, -0.25) is 4.79 Å². The molecule has 1 unspecified atom stereocenters. The number of likely N-dealkylation sites (N-methyl/N-ethyl adjacent to an activating group) is 1. The third-order valence-electron chi connectivity index (χ3n) is 5.88. The number of rotatable bonds is 5. The third kappa shape index (κ3) is 6.78. The van der Waals surface area contributed by atoms with Gasteiger partial charge in [-0.2, -0.15) is 0 Å². The van der Waals surface area contributed by atoms with Crippen molar-refractivity contribution in [1.29, 1.82) is 0 Å². The van der Waals surface area contributed by atoms with Crippen molar-refractivity contribution in [3.63, 3.8) is 0 Å². The highest BCUT2D eigenvalue weighted by Crippen LogP contribution is 2.28. The van der Waals surface area contributed by atoms with E-state index in [0.29, 0.717) is 5.56 Å². The number of carbonyl (C=O) groups excluding carboxylic acids is 1. The van der Waals surface area contributed by atoms with Crippen LogP contribution in [0.1, 0.15) is 47.4 Å². The number of halogens is 1. The molecule has 162 valence electrons. The number of aryl methyl sites for hydroxylation is 3. The van der Waals surface area contributed by atoms with Crippen LogP contribution in [0.2, 0.25) is 0 Å². The lowest BCUT2D eigenvalue weighted by molar-refractivity contribution is -0.133. The lowest BCUT2D eigenvalue weighted by atomic mass is 9.89. The quantitative estimate of drug-likeness (QED) is 0.475. The van der Waals surface area contributed by atoms with Gasteiger partial charge in [-0.15, -0.1) is 0 Å². The standard InChI is InChI=1S/C15H16.C13H16FNO/c1-3-8-14(9-4-1)12-7-13-15-10-5-2-6-11-15;1-9-5-6-10(8-12(9)14)11-4-3-7-15(2)13(11)16/h1-6,8-11H,7,12-13H2;5-6,8,11H,3-4,7H2,1-2H3. The summed E-state index contributed by atoms with van der Waals surface area (Å²) in [6, 6.07) is 26.5. The van der Waals surface area contributed by atoms with E-state index in [1.165, 1.54) is 36.5 Å². The second-order valence-electron chi connectivity index (χ2n) is 8.29. The number of carbonyl (C=O) groups is 1. The Morgan fingerprint density at radius 2 is 1.48 bits per heavy atom. The van der Waals surface area contributed by atoms with E-state index in [1.807, 2.05) is 6.07 Å². The third-order valence-corrected chi connectivity index (χ3v) is 5.88. The van der Waals surface area contributed by atoms with Crippen molar-refractivity contribution < 1.29 is 9.18 Å². The van der Waals surface area contributed by atoms with E-state index in [0.717, 1.165) is 24.9 Å². The van der Waals surface area contributed by atoms with Gasteiger partial charge in [0.25, 0.3) is 0 Å². The molecule has 0 saturated carbocycles. The molecule has 0 aliphatic carbocycles. The summed E-state index contributed by atoms with van der Waals surface area (Å²) < 4.78 is 13.4. The van der Waals surface area contributed by atoms with Crippen LogP contribution in [0.5, 0.6) is 0 Å². The Morgan fingerprint density at radius 1 is 0.903 bits per heavy atom. The maximum Gasteiger partial charge on any atom is 0.229 e. The van der Waals surface area contributed by atoms with Crippen molar-refractivity contribution in [3.8, 4) is 0 Å². The molecule has 1 saturated heterocycles. The predicted octanol–water partition coefficient (Wildman–Crippen LogP) is 6.33. The molecule has 31 heavy (non-hydrogen) atoms. The Kier molecular flexibility index (Phi) is 8.40. The first kappa shape index (κ1) is 22.7. The van der Waals surface area contributed by atoms with E-state index >= 15 is 0 Å². The Hall–Kier alpha value is -2.94. The zero-order chi connectivity index (χ0) is 22.1. The highest BCUT2D eigenvalue weighted by molar-refractivity contribution is 5.84. The smallest absolute Gasteiger partial charge is 0.229 e. The zero-order valence-electron chi connectivity index (χ0n) is 18.6. The normalized spacial score (nSPS) is 15.9. The topological polar surface area (TPSA) is 20.3 Å². The van der Waals surface area contributed by atoms with Gasteiger partial charge >= 0.3 is 0 Å². The average Bonchev–Trinajstić information content (AvgIpc) is 2.80. The molecule has 3 heteroatoms. The van der Waals surface area contributed by atoms with Crippen molar-refractivity contribution in [2.75, 3.05) is 13.6 Å². The molecular weight excluding hydrogens is 385 g/mol. The maximum absolute atomic E-state index is 13.4. The highest BCUT2D eigenvalue weighted by Gasteiger charge is 2.27. The van der Waals surface area contributed by atoms with E-state index in [2.05, 4.69) is 60.7 Å². The summed E-state index contributed by atoms with van der Waals surface area (Å²) in [5.41, 5.74) is 4.31. The van der Waals surface area contributed by atoms with Gasteiger partial charge in [0.15, 0.2) is 0 Å². The van der Waals surface area contributed by atoms with Crippen LogP contribution in [-0.2, 0) is 17.6 Å². The van der Waals surface area contributed by atoms with Crippen LogP contribution in [0.4, 0.5) is 4.39 Å². The summed E-state index contributed by atoms with van der Waals surface area (Å²) in [5, 5.41) is 0. The number of nitrogens with zero attached hydrogens (tertiary/aromatic N) is 1. The van der Waals surface area contributed by atoms with E-state index < -0.39 is 0 Å². The molecule has 0 N–H and O–H groups in total. The van der Waals surface area contributed by atoms with Crippen molar-refractivity contribution >= 4 is 5.91 Å². The summed E-state index contributed by atoms with van der Waals surface area (Å²) in [6.07, 6.45) is 5.40. The van der Waals surface area contributed by atoms with Gasteiger partial charge in [0, 0.05) is 13.6 Å². The number of piperidine rings is 1. The number of amides is 1. The van der Waals surface area contributed by atoms with Crippen LogP contribution in [0.25, 0.3) is 0 Å². The van der Waals surface area contributed by atoms with Gasteiger partial charge in [-0.25, -0.2) is 4.39 Å². The number of likely N-dealkylation sites (tertiary alicyclic amines) is 1. The molecule has 1 fully saturated rings. The molecule has 3 aromatic rings. The molecule has 1 amide bonds. The first-order chi connectivity index (χ1) is 15.0. The Morgan fingerprint density at radius 3 is 2.03 bits per heavy atom. The van der Waals surface area contributed by atoms with E-state index in [-0.39, 0.29) is 17.6 Å². The van der Waals surface area contributed by atoms with Gasteiger partial charge in [0.05, 0.1) is 5.92 Å². The highest BCUT2D eigenvalue weighted by atomic mass is 19.1. The largest absolute Gasteiger partial charge is 0.345 e. The molecule has 1 aliphatic rings. The Balaban J connectivity index is 0.000000176. The van der Waals surface area contributed by atoms with Gasteiger partial charge in [-0.05, 0) is 67.3 Å². The molecule has 0 radical (unpaired) electrons. The minimum absolute atomic E-state index is 0.106. The SMILES string of the molecule is Cc1ccc(C2CCCN(C)C2=O)cc1F.c1ccc(CCCc2ccccc2)cc1. The Bertz CT molecular complexity index is 916. The van der Waals surface area contributed by atoms with Gasteiger partial charge in [-0.1, -0.05) is 72.8 Å². The van der Waals surface area contributed by atoms with Crippen molar-refractivity contribution in [1.82, 2.24) is 4.90 Å². The fourth-order valence-electron chi connectivity index (χ4n) is 3.95. The lowest BCUT2D eigenvalue weighted by Crippen LogP contribution is -2.37. The molecule has 1 aliphatic heterocycles. The molecule has 2 nitrogen and oxygen atoms in total. The molecule has 3 aromatic carbocycles. The number of benzene rings is 3. The van der Waals surface area contributed by atoms with Crippen molar-refractivity contribution in [3.05, 3.63) is 107 Å². The summed E-state index contributed by atoms with van der Waals surface area (Å²) in [7, 11) is 1.80. The van der Waals surface area contributed by atoms with Crippen LogP contribution in [0.15, 0.2) is 78.9 Å². The molecular formula is C28H32FNO. The molecule has 1 heterocycles.